The first-order chi connectivity index (χ1) is 6.80. The van der Waals surface area contributed by atoms with Gasteiger partial charge in [0.15, 0.2) is 0 Å². The third kappa shape index (κ3) is 1.05. The average Bonchev–Trinajstić information content (AvgIpc) is 2.79. The van der Waals surface area contributed by atoms with E-state index in [0.717, 1.165) is 11.5 Å². The molecule has 0 unspecified atom stereocenters. The fourth-order valence-electron chi connectivity index (χ4n) is 3.46. The van der Waals surface area contributed by atoms with E-state index in [1.54, 1.807) is 12.1 Å². The van der Waals surface area contributed by atoms with E-state index in [1.165, 1.54) is 32.1 Å². The van der Waals surface area contributed by atoms with E-state index in [2.05, 4.69) is 0 Å². The zero-order valence-electron chi connectivity index (χ0n) is 8.30. The molecule has 0 amide bonds. The summed E-state index contributed by atoms with van der Waals surface area (Å²) in [5.41, 5.74) is 1.20. The van der Waals surface area contributed by atoms with Crippen LogP contribution in [0.15, 0.2) is 24.3 Å². The van der Waals surface area contributed by atoms with Gasteiger partial charge in [-0.1, -0.05) is 18.2 Å². The van der Waals surface area contributed by atoms with Gasteiger partial charge in [-0.2, -0.15) is 0 Å². The summed E-state index contributed by atoms with van der Waals surface area (Å²) in [6.45, 7) is 0. The second-order valence-corrected chi connectivity index (χ2v) is 4.91. The molecule has 2 bridgehead atoms. The zero-order chi connectivity index (χ0) is 9.60. The fraction of sp³-hybridized carbons (Fsp3) is 0.538. The summed E-state index contributed by atoms with van der Waals surface area (Å²) >= 11 is 0. The first kappa shape index (κ1) is 8.46. The number of rotatable bonds is 1. The van der Waals surface area contributed by atoms with Crippen molar-refractivity contribution in [3.8, 4) is 0 Å². The molecular formula is C13H15F. The van der Waals surface area contributed by atoms with Crippen molar-refractivity contribution in [2.75, 3.05) is 0 Å². The van der Waals surface area contributed by atoms with Crippen molar-refractivity contribution in [1.82, 2.24) is 0 Å². The maximum absolute atomic E-state index is 13.7. The Labute approximate surface area is 84.1 Å². The van der Waals surface area contributed by atoms with Gasteiger partial charge in [0.05, 0.1) is 0 Å². The molecule has 2 fully saturated rings. The van der Waals surface area contributed by atoms with Crippen molar-refractivity contribution in [2.45, 2.75) is 37.5 Å². The van der Waals surface area contributed by atoms with E-state index in [4.69, 9.17) is 0 Å². The summed E-state index contributed by atoms with van der Waals surface area (Å²) in [4.78, 5) is 0. The Morgan fingerprint density at radius 3 is 2.43 bits per heavy atom. The lowest BCUT2D eigenvalue weighted by atomic mass is 9.77. The van der Waals surface area contributed by atoms with E-state index < -0.39 is 0 Å². The molecule has 1 heteroatoms. The highest BCUT2D eigenvalue weighted by Crippen LogP contribution is 2.55. The van der Waals surface area contributed by atoms with Gasteiger partial charge in [0.2, 0.25) is 0 Å². The first-order valence-electron chi connectivity index (χ1n) is 5.55. The van der Waals surface area contributed by atoms with Crippen molar-refractivity contribution in [3.63, 3.8) is 0 Å². The lowest BCUT2D eigenvalue weighted by Gasteiger charge is -2.27. The van der Waals surface area contributed by atoms with Crippen LogP contribution in [0.1, 0.15) is 37.7 Å². The highest BCUT2D eigenvalue weighted by molar-refractivity contribution is 5.30. The molecule has 74 valence electrons. The number of hydrogen-bond acceptors (Lipinski definition) is 0. The summed E-state index contributed by atoms with van der Waals surface area (Å²) in [5.74, 6) is 0.893. The van der Waals surface area contributed by atoms with E-state index in [0.29, 0.717) is 0 Å². The van der Waals surface area contributed by atoms with Gasteiger partial charge in [0.25, 0.3) is 0 Å². The van der Waals surface area contributed by atoms with Gasteiger partial charge >= 0.3 is 0 Å². The molecule has 0 saturated heterocycles. The van der Waals surface area contributed by atoms with Crippen LogP contribution in [0.25, 0.3) is 0 Å². The number of hydrogen-bond donors (Lipinski definition) is 0. The largest absolute Gasteiger partial charge is 0.207 e. The Balaban J connectivity index is 2.06. The summed E-state index contributed by atoms with van der Waals surface area (Å²) in [7, 11) is 0. The van der Waals surface area contributed by atoms with Crippen LogP contribution >= 0.6 is 0 Å². The van der Waals surface area contributed by atoms with Crippen LogP contribution in [0.3, 0.4) is 0 Å². The van der Waals surface area contributed by atoms with Gasteiger partial charge in [-0.25, -0.2) is 4.39 Å². The molecule has 0 aliphatic heterocycles. The van der Waals surface area contributed by atoms with Crippen LogP contribution in [0.4, 0.5) is 4.39 Å². The normalized spacial score (nSPS) is 35.1. The van der Waals surface area contributed by atoms with Gasteiger partial charge in [0, 0.05) is 0 Å². The maximum atomic E-state index is 13.7. The molecule has 2 aliphatic carbocycles. The molecule has 0 aromatic heterocycles. The summed E-state index contributed by atoms with van der Waals surface area (Å²) < 4.78 is 13.7. The monoisotopic (exact) mass is 190 g/mol. The Kier molecular flexibility index (Phi) is 1.70. The van der Waals surface area contributed by atoms with E-state index in [1.807, 2.05) is 12.1 Å². The minimum Gasteiger partial charge on any atom is -0.207 e. The molecule has 2 saturated carbocycles. The van der Waals surface area contributed by atoms with E-state index >= 15 is 0 Å². The summed E-state index contributed by atoms with van der Waals surface area (Å²) in [6.07, 6.45) is 6.27. The van der Waals surface area contributed by atoms with Crippen molar-refractivity contribution < 1.29 is 4.39 Å². The number of halogens is 1. The van der Waals surface area contributed by atoms with E-state index in [-0.39, 0.29) is 11.2 Å². The van der Waals surface area contributed by atoms with Crippen LogP contribution in [0, 0.1) is 11.7 Å². The van der Waals surface area contributed by atoms with Crippen molar-refractivity contribution >= 4 is 0 Å². The number of benzene rings is 1. The van der Waals surface area contributed by atoms with Crippen LogP contribution in [-0.2, 0) is 5.41 Å². The standard InChI is InChI=1S/C13H15F/c14-12-4-2-1-3-11(12)13-7-5-10(9-13)6-8-13/h1-4,10H,5-9H2. The molecule has 1 aromatic rings. The molecule has 0 N–H and O–H groups in total. The molecule has 3 rings (SSSR count). The van der Waals surface area contributed by atoms with Crippen LogP contribution in [0.5, 0.6) is 0 Å². The molecule has 14 heavy (non-hydrogen) atoms. The average molecular weight is 190 g/mol. The Hall–Kier alpha value is -0.850. The SMILES string of the molecule is Fc1ccccc1C12CCC(CC1)C2. The molecule has 0 nitrogen and oxygen atoms in total. The Morgan fingerprint density at radius 2 is 1.86 bits per heavy atom. The second kappa shape index (κ2) is 2.82. The van der Waals surface area contributed by atoms with Crippen LogP contribution in [0.2, 0.25) is 0 Å². The third-order valence-corrected chi connectivity index (χ3v) is 4.19. The lowest BCUT2D eigenvalue weighted by Crippen LogP contribution is -2.20. The second-order valence-electron chi connectivity index (χ2n) is 4.91. The van der Waals surface area contributed by atoms with Crippen molar-refractivity contribution in [2.24, 2.45) is 5.92 Å². The molecule has 1 aromatic carbocycles. The third-order valence-electron chi connectivity index (χ3n) is 4.19. The molecule has 0 atom stereocenters. The Morgan fingerprint density at radius 1 is 1.14 bits per heavy atom. The van der Waals surface area contributed by atoms with Crippen LogP contribution in [-0.4, -0.2) is 0 Å². The molecule has 0 heterocycles. The molecule has 0 spiro atoms. The van der Waals surface area contributed by atoms with E-state index in [9.17, 15) is 4.39 Å². The molecular weight excluding hydrogens is 175 g/mol. The highest BCUT2D eigenvalue weighted by Gasteiger charge is 2.46. The maximum Gasteiger partial charge on any atom is 0.126 e. The first-order valence-corrected chi connectivity index (χ1v) is 5.55. The predicted molar refractivity (Wildman–Crippen MR) is 54.7 cm³/mol. The lowest BCUT2D eigenvalue weighted by molar-refractivity contribution is 0.401. The minimum absolute atomic E-state index is 0.00931. The van der Waals surface area contributed by atoms with Crippen LogP contribution < -0.4 is 0 Å². The summed E-state index contributed by atoms with van der Waals surface area (Å²) in [6, 6.07) is 7.36. The fourth-order valence-corrected chi connectivity index (χ4v) is 3.46. The highest BCUT2D eigenvalue weighted by atomic mass is 19.1. The van der Waals surface area contributed by atoms with Gasteiger partial charge in [-0.05, 0) is 55.1 Å². The van der Waals surface area contributed by atoms with Gasteiger partial charge in [0.1, 0.15) is 5.82 Å². The zero-order valence-corrected chi connectivity index (χ0v) is 8.30. The summed E-state index contributed by atoms with van der Waals surface area (Å²) in [5, 5.41) is 0. The van der Waals surface area contributed by atoms with Gasteiger partial charge in [-0.15, -0.1) is 0 Å². The quantitative estimate of drug-likeness (QED) is 0.634. The minimum atomic E-state index is 0.00931. The molecule has 2 aliphatic rings. The van der Waals surface area contributed by atoms with Crippen molar-refractivity contribution in [3.05, 3.63) is 35.6 Å². The number of fused-ring (bicyclic) bond motifs is 2. The van der Waals surface area contributed by atoms with Crippen molar-refractivity contribution in [1.29, 1.82) is 0 Å². The predicted octanol–water partition coefficient (Wildman–Crippen LogP) is 3.66. The molecule has 0 radical (unpaired) electrons. The van der Waals surface area contributed by atoms with Gasteiger partial charge in [-0.3, -0.25) is 0 Å². The smallest absolute Gasteiger partial charge is 0.126 e. The topological polar surface area (TPSA) is 0 Å². The van der Waals surface area contributed by atoms with Gasteiger partial charge < -0.3 is 0 Å². The Bertz CT molecular complexity index is 348.